The van der Waals surface area contributed by atoms with Gasteiger partial charge < -0.3 is 5.11 Å². The maximum atomic E-state index is 11.1. The maximum absolute atomic E-state index is 11.1. The number of carbonyl (C=O) groups is 1. The monoisotopic (exact) mass is 287 g/mol. The molecule has 0 radical (unpaired) electrons. The average Bonchev–Trinajstić information content (AvgIpc) is 2.70. The van der Waals surface area contributed by atoms with E-state index in [1.54, 1.807) is 0 Å². The molecule has 2 rings (SSSR count). The van der Waals surface area contributed by atoms with Crippen molar-refractivity contribution in [1.82, 2.24) is 15.1 Å². The number of aryl methyl sites for hydroxylation is 3. The lowest BCUT2D eigenvalue weighted by atomic mass is 10.1. The number of aliphatic carboxylic acids is 1. The first kappa shape index (κ1) is 15.3. The summed E-state index contributed by atoms with van der Waals surface area (Å²) in [4.78, 5) is 13.0. The molecule has 0 saturated carbocycles. The van der Waals surface area contributed by atoms with Crippen LogP contribution >= 0.6 is 0 Å². The van der Waals surface area contributed by atoms with Crippen molar-refractivity contribution in [3.63, 3.8) is 0 Å². The first-order valence-corrected chi connectivity index (χ1v) is 6.96. The first-order valence-electron chi connectivity index (χ1n) is 6.96. The molecule has 0 aliphatic carbocycles. The Bertz CT molecular complexity index is 615. The topological polar surface area (TPSA) is 69.2 Å². The van der Waals surface area contributed by atoms with E-state index in [1.807, 2.05) is 43.9 Å². The number of benzene rings is 1. The second-order valence-electron chi connectivity index (χ2n) is 5.44. The van der Waals surface area contributed by atoms with Gasteiger partial charge in [-0.25, -0.2) is 0 Å². The highest BCUT2D eigenvalue weighted by Gasteiger charge is 2.15. The Morgan fingerprint density at radius 3 is 2.62 bits per heavy atom. The molecule has 2 aromatic rings. The molecule has 0 fully saturated rings. The highest BCUT2D eigenvalue weighted by molar-refractivity contribution is 5.69. The van der Waals surface area contributed by atoms with E-state index >= 15 is 0 Å². The zero-order valence-corrected chi connectivity index (χ0v) is 12.7. The number of aromatic amines is 1. The van der Waals surface area contributed by atoms with Gasteiger partial charge in [-0.05, 0) is 26.3 Å². The maximum Gasteiger partial charge on any atom is 0.317 e. The molecule has 0 aliphatic heterocycles. The zero-order chi connectivity index (χ0) is 15.4. The number of nitrogens with one attached hydrogen (secondary N) is 1. The van der Waals surface area contributed by atoms with Gasteiger partial charge in [-0.2, -0.15) is 5.10 Å². The summed E-state index contributed by atoms with van der Waals surface area (Å²) in [5, 5.41) is 16.2. The molecule has 0 unspecified atom stereocenters. The normalized spacial score (nSPS) is 11.0. The summed E-state index contributed by atoms with van der Waals surface area (Å²) >= 11 is 0. The van der Waals surface area contributed by atoms with Crippen LogP contribution in [0.4, 0.5) is 0 Å². The molecule has 0 spiro atoms. The molecule has 0 atom stereocenters. The van der Waals surface area contributed by atoms with Gasteiger partial charge in [0.15, 0.2) is 0 Å². The Morgan fingerprint density at radius 2 is 2.05 bits per heavy atom. The fourth-order valence-electron chi connectivity index (χ4n) is 2.46. The number of rotatable bonds is 6. The van der Waals surface area contributed by atoms with Crippen molar-refractivity contribution in [3.05, 3.63) is 52.3 Å². The van der Waals surface area contributed by atoms with E-state index in [9.17, 15) is 4.79 Å². The number of carboxylic acids is 1. The smallest absolute Gasteiger partial charge is 0.317 e. The minimum Gasteiger partial charge on any atom is -0.480 e. The van der Waals surface area contributed by atoms with Crippen molar-refractivity contribution in [2.75, 3.05) is 6.54 Å². The molecule has 112 valence electrons. The van der Waals surface area contributed by atoms with E-state index in [4.69, 9.17) is 5.11 Å². The third-order valence-corrected chi connectivity index (χ3v) is 3.51. The van der Waals surface area contributed by atoms with E-state index in [0.29, 0.717) is 13.1 Å². The Balaban J connectivity index is 2.16. The fraction of sp³-hybridized carbons (Fsp3) is 0.375. The van der Waals surface area contributed by atoms with Gasteiger partial charge in [-0.1, -0.05) is 29.8 Å². The van der Waals surface area contributed by atoms with E-state index < -0.39 is 5.97 Å². The molecule has 0 aliphatic rings. The lowest BCUT2D eigenvalue weighted by molar-refractivity contribution is -0.138. The highest BCUT2D eigenvalue weighted by Crippen LogP contribution is 2.15. The van der Waals surface area contributed by atoms with Gasteiger partial charge in [0, 0.05) is 24.3 Å². The quantitative estimate of drug-likeness (QED) is 0.856. The molecular formula is C16H21N3O2. The van der Waals surface area contributed by atoms with Gasteiger partial charge >= 0.3 is 5.97 Å². The zero-order valence-electron chi connectivity index (χ0n) is 12.7. The molecule has 5 nitrogen and oxygen atoms in total. The third kappa shape index (κ3) is 4.16. The van der Waals surface area contributed by atoms with E-state index in [0.717, 1.165) is 22.5 Å². The van der Waals surface area contributed by atoms with Crippen molar-refractivity contribution < 1.29 is 9.90 Å². The second-order valence-corrected chi connectivity index (χ2v) is 5.44. The van der Waals surface area contributed by atoms with Crippen LogP contribution in [0.5, 0.6) is 0 Å². The van der Waals surface area contributed by atoms with Crippen molar-refractivity contribution in [2.45, 2.75) is 33.9 Å². The van der Waals surface area contributed by atoms with Crippen LogP contribution in [0.1, 0.15) is 28.1 Å². The van der Waals surface area contributed by atoms with Crippen LogP contribution in [0.2, 0.25) is 0 Å². The molecule has 0 bridgehead atoms. The lowest BCUT2D eigenvalue weighted by Crippen LogP contribution is -2.29. The van der Waals surface area contributed by atoms with Gasteiger partial charge in [0.2, 0.25) is 0 Å². The summed E-state index contributed by atoms with van der Waals surface area (Å²) < 4.78 is 0. The summed E-state index contributed by atoms with van der Waals surface area (Å²) in [5.74, 6) is -0.818. The van der Waals surface area contributed by atoms with Crippen LogP contribution in [-0.2, 0) is 17.9 Å². The van der Waals surface area contributed by atoms with E-state index in [2.05, 4.69) is 16.3 Å². The van der Waals surface area contributed by atoms with Gasteiger partial charge in [0.1, 0.15) is 0 Å². The molecule has 0 amide bonds. The molecule has 1 aromatic carbocycles. The standard InChI is InChI=1S/C16H21N3O2/c1-11-5-4-6-14(7-11)8-19(10-16(20)21)9-15-12(2)17-18-13(15)3/h4-7H,8-10H2,1-3H3,(H,17,18)(H,20,21). The SMILES string of the molecule is Cc1cccc(CN(CC(=O)O)Cc2c(C)n[nH]c2C)c1. The molecule has 1 heterocycles. The summed E-state index contributed by atoms with van der Waals surface area (Å²) in [6.45, 7) is 7.13. The van der Waals surface area contributed by atoms with Gasteiger partial charge in [0.05, 0.1) is 12.2 Å². The van der Waals surface area contributed by atoms with Crippen LogP contribution in [0, 0.1) is 20.8 Å². The van der Waals surface area contributed by atoms with Gasteiger partial charge in [-0.3, -0.25) is 14.8 Å². The predicted octanol–water partition coefficient (Wildman–Crippen LogP) is 2.42. The second kappa shape index (κ2) is 6.54. The number of H-pyrrole nitrogens is 1. The molecular weight excluding hydrogens is 266 g/mol. The first-order chi connectivity index (χ1) is 9.95. The molecule has 5 heteroatoms. The number of hydrogen-bond donors (Lipinski definition) is 2. The van der Waals surface area contributed by atoms with Crippen molar-refractivity contribution in [1.29, 1.82) is 0 Å². The Hall–Kier alpha value is -2.14. The number of hydrogen-bond acceptors (Lipinski definition) is 3. The van der Waals surface area contributed by atoms with Crippen LogP contribution in [-0.4, -0.2) is 32.7 Å². The van der Waals surface area contributed by atoms with E-state index in [1.165, 1.54) is 5.56 Å². The number of aromatic nitrogens is 2. The molecule has 0 saturated heterocycles. The Labute approximate surface area is 124 Å². The minimum atomic E-state index is -0.818. The number of nitrogens with zero attached hydrogens (tertiary/aromatic N) is 2. The fourth-order valence-corrected chi connectivity index (χ4v) is 2.46. The van der Waals surface area contributed by atoms with Crippen molar-refractivity contribution >= 4 is 5.97 Å². The largest absolute Gasteiger partial charge is 0.480 e. The summed E-state index contributed by atoms with van der Waals surface area (Å²) in [5.41, 5.74) is 5.29. The van der Waals surface area contributed by atoms with Crippen molar-refractivity contribution in [2.24, 2.45) is 0 Å². The van der Waals surface area contributed by atoms with Crippen LogP contribution in [0.3, 0.4) is 0 Å². The summed E-state index contributed by atoms with van der Waals surface area (Å²) in [6, 6.07) is 8.15. The summed E-state index contributed by atoms with van der Waals surface area (Å²) in [6.07, 6.45) is 0. The highest BCUT2D eigenvalue weighted by atomic mass is 16.4. The average molecular weight is 287 g/mol. The molecule has 21 heavy (non-hydrogen) atoms. The molecule has 1 aromatic heterocycles. The minimum absolute atomic E-state index is 0.0119. The third-order valence-electron chi connectivity index (χ3n) is 3.51. The Kier molecular flexibility index (Phi) is 4.75. The predicted molar refractivity (Wildman–Crippen MR) is 81.0 cm³/mol. The van der Waals surface area contributed by atoms with Crippen LogP contribution < -0.4 is 0 Å². The van der Waals surface area contributed by atoms with Crippen LogP contribution in [0.15, 0.2) is 24.3 Å². The van der Waals surface area contributed by atoms with Gasteiger partial charge in [-0.15, -0.1) is 0 Å². The van der Waals surface area contributed by atoms with Gasteiger partial charge in [0.25, 0.3) is 0 Å². The molecule has 2 N–H and O–H groups in total. The van der Waals surface area contributed by atoms with Crippen molar-refractivity contribution in [3.8, 4) is 0 Å². The lowest BCUT2D eigenvalue weighted by Gasteiger charge is -2.21. The number of carboxylic acid groups (broad SMARTS) is 1. The van der Waals surface area contributed by atoms with E-state index in [-0.39, 0.29) is 6.54 Å². The Morgan fingerprint density at radius 1 is 1.29 bits per heavy atom. The summed E-state index contributed by atoms with van der Waals surface area (Å²) in [7, 11) is 0. The van der Waals surface area contributed by atoms with Crippen LogP contribution in [0.25, 0.3) is 0 Å².